The summed E-state index contributed by atoms with van der Waals surface area (Å²) in [5, 5.41) is 7.42. The molecule has 0 rings (SSSR count). The monoisotopic (exact) mass is 208 g/mol. The van der Waals surface area contributed by atoms with Crippen LogP contribution in [0.3, 0.4) is 0 Å². The average molecular weight is 209 g/mol. The van der Waals surface area contributed by atoms with E-state index in [9.17, 15) is 0 Å². The molecule has 8 heavy (non-hydrogen) atoms. The van der Waals surface area contributed by atoms with Gasteiger partial charge in [0.05, 0.1) is 0 Å². The van der Waals surface area contributed by atoms with Crippen LogP contribution in [0.25, 0.3) is 0 Å². The first-order valence-electron chi connectivity index (χ1n) is 2.01. The second-order valence-electron chi connectivity index (χ2n) is 0.953. The molecule has 0 aliphatic heterocycles. The van der Waals surface area contributed by atoms with Gasteiger partial charge in [-0.15, -0.1) is 0 Å². The van der Waals surface area contributed by atoms with Gasteiger partial charge in [-0.25, -0.2) is 0 Å². The first-order chi connectivity index (χ1) is 3.65. The molecule has 0 bridgehead atoms. The Morgan fingerprint density at radius 2 is 1.88 bits per heavy atom. The summed E-state index contributed by atoms with van der Waals surface area (Å²) < 4.78 is 1.81. The number of allylic oxidation sites excluding steroid dienone is 1. The molecule has 1 N–H and O–H groups in total. The Morgan fingerprint density at radius 3 is 1.88 bits per heavy atom. The second kappa shape index (κ2) is 10.0. The molecule has 0 amide bonds. The molecule has 0 aromatic rings. The van der Waals surface area contributed by atoms with E-state index in [2.05, 4.69) is 21.1 Å². The fraction of sp³-hybridized carbons (Fsp3) is 0.400. The van der Waals surface area contributed by atoms with E-state index in [4.69, 9.17) is 9.90 Å². The van der Waals surface area contributed by atoms with Crippen LogP contribution in [0.5, 0.6) is 0 Å². The fourth-order valence-electron chi connectivity index (χ4n) is 0. The molecule has 52 valence electrons. The van der Waals surface area contributed by atoms with Crippen LogP contribution >= 0.6 is 0 Å². The molecule has 0 unspecified atom stereocenters. The third-order valence-corrected chi connectivity index (χ3v) is 0.595. The molecule has 0 spiro atoms. The van der Waals surface area contributed by atoms with E-state index >= 15 is 0 Å². The van der Waals surface area contributed by atoms with Crippen LogP contribution in [0.2, 0.25) is 0 Å². The van der Waals surface area contributed by atoms with Gasteiger partial charge in [0.2, 0.25) is 0 Å². The Kier molecular flexibility index (Phi) is 13.6. The van der Waals surface area contributed by atoms with Gasteiger partial charge >= 0.3 is 38.4 Å². The Morgan fingerprint density at radius 1 is 1.75 bits per heavy atom. The minimum atomic E-state index is -0.833. The van der Waals surface area contributed by atoms with Gasteiger partial charge in [0.15, 0.2) is 0 Å². The standard InChI is InChI=1S/C3H5.C2H4O2.Ag/c1-3-2;1-2(3)4;/h1,3H,2H3;1H3,(H,3,4);. The van der Waals surface area contributed by atoms with Gasteiger partial charge < -0.3 is 5.11 Å². The topological polar surface area (TPSA) is 37.3 Å². The summed E-state index contributed by atoms with van der Waals surface area (Å²) in [6, 6.07) is 0. The molecule has 0 aliphatic rings. The van der Waals surface area contributed by atoms with Crippen molar-refractivity contribution in [1.29, 1.82) is 0 Å². The van der Waals surface area contributed by atoms with Crippen molar-refractivity contribution >= 4 is 5.97 Å². The van der Waals surface area contributed by atoms with E-state index in [0.717, 1.165) is 6.92 Å². The van der Waals surface area contributed by atoms with Gasteiger partial charge in [0, 0.05) is 6.92 Å². The summed E-state index contributed by atoms with van der Waals surface area (Å²) in [6.07, 6.45) is 1.92. The average Bonchev–Trinajstić information content (AvgIpc) is 1.65. The second-order valence-corrected chi connectivity index (χ2v) is 1.45. The van der Waals surface area contributed by atoms with Crippen molar-refractivity contribution in [2.75, 3.05) is 0 Å². The van der Waals surface area contributed by atoms with E-state index in [-0.39, 0.29) is 0 Å². The first kappa shape index (κ1) is 10.8. The van der Waals surface area contributed by atoms with E-state index in [0.29, 0.717) is 0 Å². The van der Waals surface area contributed by atoms with Gasteiger partial charge in [-0.1, -0.05) is 0 Å². The van der Waals surface area contributed by atoms with E-state index in [1.165, 1.54) is 0 Å². The Labute approximate surface area is 61.5 Å². The molecule has 0 aliphatic carbocycles. The van der Waals surface area contributed by atoms with Crippen molar-refractivity contribution in [3.63, 3.8) is 0 Å². The van der Waals surface area contributed by atoms with Gasteiger partial charge in [-0.05, 0) is 0 Å². The molecule has 3 heteroatoms. The summed E-state index contributed by atoms with van der Waals surface area (Å²) in [6.45, 7) is 3.04. The maximum atomic E-state index is 9.00. The summed E-state index contributed by atoms with van der Waals surface area (Å²) in [5.41, 5.74) is 0. The number of aliphatic carboxylic acids is 1. The predicted octanol–water partition coefficient (Wildman–Crippen LogP) is 1.16. The number of hydrogen-bond acceptors (Lipinski definition) is 1. The maximum absolute atomic E-state index is 9.00. The molecule has 0 fully saturated rings. The summed E-state index contributed by atoms with van der Waals surface area (Å²) >= 11 is 3.08. The van der Waals surface area contributed by atoms with Crippen LogP contribution in [-0.4, -0.2) is 11.1 Å². The Balaban J connectivity index is 0. The van der Waals surface area contributed by atoms with Crippen LogP contribution < -0.4 is 0 Å². The SMILES string of the molecule is CC(=O)O.CC=[CH][Ag]. The molecule has 0 radical (unpaired) electrons. The van der Waals surface area contributed by atoms with Crippen LogP contribution in [0, 0.1) is 0 Å². The van der Waals surface area contributed by atoms with Gasteiger partial charge in [0.1, 0.15) is 0 Å². The fourth-order valence-corrected chi connectivity index (χ4v) is 0. The Bertz CT molecular complexity index is 70.5. The number of carboxylic acids is 1. The van der Waals surface area contributed by atoms with Gasteiger partial charge in [-0.2, -0.15) is 0 Å². The number of carbonyl (C=O) groups is 1. The van der Waals surface area contributed by atoms with Crippen molar-refractivity contribution in [3.8, 4) is 0 Å². The molecule has 0 aromatic heterocycles. The third kappa shape index (κ3) is 161. The zero-order valence-corrected chi connectivity index (χ0v) is 6.29. The van der Waals surface area contributed by atoms with E-state index in [1.54, 1.807) is 0 Å². The quantitative estimate of drug-likeness (QED) is 0.607. The molecule has 0 saturated heterocycles. The van der Waals surface area contributed by atoms with Crippen molar-refractivity contribution < 1.29 is 31.0 Å². The third-order valence-electron chi connectivity index (χ3n) is 0.101. The molecule has 0 aromatic carbocycles. The normalized spacial score (nSPS) is 8.00. The minimum absolute atomic E-state index is 0.833. The van der Waals surface area contributed by atoms with Crippen molar-refractivity contribution in [3.05, 3.63) is 10.4 Å². The number of carboxylic acid groups (broad SMARTS) is 1. The van der Waals surface area contributed by atoms with Gasteiger partial charge in [-0.3, -0.25) is 4.79 Å². The zero-order valence-electron chi connectivity index (χ0n) is 4.81. The van der Waals surface area contributed by atoms with Crippen LogP contribution in [0.15, 0.2) is 10.4 Å². The number of rotatable bonds is 0. The van der Waals surface area contributed by atoms with Crippen LogP contribution in [0.4, 0.5) is 0 Å². The molecular weight excluding hydrogens is 200 g/mol. The molecule has 0 heterocycles. The first-order valence-corrected chi connectivity index (χ1v) is 2.87. The van der Waals surface area contributed by atoms with E-state index in [1.807, 2.05) is 17.3 Å². The van der Waals surface area contributed by atoms with Crippen molar-refractivity contribution in [2.24, 2.45) is 0 Å². The van der Waals surface area contributed by atoms with Crippen molar-refractivity contribution in [2.45, 2.75) is 13.8 Å². The van der Waals surface area contributed by atoms with E-state index < -0.39 is 5.97 Å². The van der Waals surface area contributed by atoms with Crippen LogP contribution in [0.1, 0.15) is 13.8 Å². The molecule has 0 atom stereocenters. The Hall–Kier alpha value is -0.0497. The summed E-state index contributed by atoms with van der Waals surface area (Å²) in [5.74, 6) is -0.833. The van der Waals surface area contributed by atoms with Crippen molar-refractivity contribution in [1.82, 2.24) is 0 Å². The number of hydrogen-bond donors (Lipinski definition) is 1. The van der Waals surface area contributed by atoms with Gasteiger partial charge in [0.25, 0.3) is 5.97 Å². The molecule has 2 nitrogen and oxygen atoms in total. The molecular formula is C5H9AgO2. The predicted molar refractivity (Wildman–Crippen MR) is 28.1 cm³/mol. The molecule has 0 saturated carbocycles. The van der Waals surface area contributed by atoms with Crippen LogP contribution in [-0.2, 0) is 25.9 Å². The summed E-state index contributed by atoms with van der Waals surface area (Å²) in [4.78, 5) is 9.00. The summed E-state index contributed by atoms with van der Waals surface area (Å²) in [7, 11) is 0. The zero-order chi connectivity index (χ0) is 6.99.